The topological polar surface area (TPSA) is 219 Å². The minimum absolute atomic E-state index is 0.192. The van der Waals surface area contributed by atoms with Crippen LogP contribution in [0.2, 0.25) is 0 Å². The Kier molecular flexibility index (Phi) is 16.1. The largest absolute Gasteiger partial charge is 0.496 e. The molecule has 0 aliphatic carbocycles. The first kappa shape index (κ1) is 45.3. The number of methoxy groups -OCH3 is 3. The van der Waals surface area contributed by atoms with Gasteiger partial charge in [-0.25, -0.2) is 9.78 Å². The molecule has 5 N–H and O–H groups in total. The number of carbonyl (C=O) groups is 1. The van der Waals surface area contributed by atoms with Gasteiger partial charge >= 0.3 is 5.97 Å². The first-order valence-electron chi connectivity index (χ1n) is 17.6. The van der Waals surface area contributed by atoms with Gasteiger partial charge in [0.25, 0.3) is 5.56 Å². The molecule has 0 unspecified atom stereocenters. The van der Waals surface area contributed by atoms with E-state index in [9.17, 15) is 9.59 Å². The van der Waals surface area contributed by atoms with Gasteiger partial charge in [0.15, 0.2) is 0 Å². The van der Waals surface area contributed by atoms with Gasteiger partial charge < -0.3 is 53.4 Å². The van der Waals surface area contributed by atoms with Gasteiger partial charge in [0.05, 0.1) is 61.9 Å². The second kappa shape index (κ2) is 20.9. The Bertz CT molecular complexity index is 2820. The lowest BCUT2D eigenvalue weighted by Gasteiger charge is -2.09. The Morgan fingerprint density at radius 1 is 0.814 bits per heavy atom. The average molecular weight is 920 g/mol. The molecule has 7 rings (SSSR count). The molecule has 5 aromatic heterocycles. The molecule has 0 radical (unpaired) electrons. The molecule has 0 bridgehead atoms. The molecule has 0 aliphatic heterocycles. The number of esters is 1. The smallest absolute Gasteiger partial charge is 0.342 e. The fraction of sp³-hybridized carbons (Fsp3) is 0.324. The van der Waals surface area contributed by atoms with Crippen molar-refractivity contribution >= 4 is 103 Å². The third-order valence-electron chi connectivity index (χ3n) is 8.82. The highest BCUT2D eigenvalue weighted by Crippen LogP contribution is 2.40. The van der Waals surface area contributed by atoms with Crippen LogP contribution in [0.5, 0.6) is 11.5 Å². The predicted octanol–water partition coefficient (Wildman–Crippen LogP) is 6.04. The lowest BCUT2D eigenvalue weighted by molar-refractivity contribution is 0.0530. The number of nitrogens with one attached hydrogen (secondary N) is 3. The van der Waals surface area contributed by atoms with E-state index in [1.54, 1.807) is 34.3 Å². The number of H-pyrrole nitrogens is 3. The van der Waals surface area contributed by atoms with Crippen LogP contribution in [0.15, 0.2) is 38.1 Å². The Balaban J connectivity index is 0.000000200. The number of aromatic nitrogens is 6. The quantitative estimate of drug-likeness (QED) is 0.0859. The molecule has 0 amide bonds. The van der Waals surface area contributed by atoms with Crippen LogP contribution >= 0.6 is 0 Å². The number of nitrogen functional groups attached to an aromatic ring is 1. The number of hydrogen-bond acceptors (Lipinski definition) is 15. The molecule has 22 heteroatoms. The van der Waals surface area contributed by atoms with E-state index in [1.165, 1.54) is 35.5 Å². The van der Waals surface area contributed by atoms with E-state index in [1.807, 2.05) is 45.9 Å². The fourth-order valence-corrected chi connectivity index (χ4v) is 11.9. The van der Waals surface area contributed by atoms with E-state index in [0.717, 1.165) is 44.5 Å². The molecule has 0 saturated carbocycles. The van der Waals surface area contributed by atoms with Crippen LogP contribution in [0.25, 0.3) is 55.1 Å². The van der Waals surface area contributed by atoms with Crippen molar-refractivity contribution in [2.24, 2.45) is 0 Å². The number of anilines is 1. The number of nitrogens with two attached hydrogens (primary N) is 1. The molecule has 2 aromatic carbocycles. The molecule has 314 valence electrons. The number of aromatic amines is 3. The number of fused-ring (bicyclic) bond motifs is 4. The first-order valence-corrected chi connectivity index (χ1v) is 24.2. The summed E-state index contributed by atoms with van der Waals surface area (Å²) in [4.78, 5) is 38.5. The van der Waals surface area contributed by atoms with Gasteiger partial charge in [0, 0.05) is 97.9 Å². The van der Waals surface area contributed by atoms with Crippen molar-refractivity contribution in [3.63, 3.8) is 0 Å². The van der Waals surface area contributed by atoms with Crippen LogP contribution in [-0.2, 0) is 78.7 Å². The van der Waals surface area contributed by atoms with Crippen molar-refractivity contribution in [2.45, 2.75) is 41.2 Å². The summed E-state index contributed by atoms with van der Waals surface area (Å²) in [5.74, 6) is 2.86. The monoisotopic (exact) mass is 919 g/mol. The SMILES string of the molecule is CCOC(=O)c1c(N)[nH]c2cc(-c3c(C)noc3C)c(OC)cc12.COCCOCc1nc2[nH]c3cc(-c4c(C)noc4C)c(OC)cc3c2c(=O)[nH]1.S=S=S=S=S=S. The number of nitrogens with zero attached hydrogens (tertiary/aromatic N) is 3. The molecule has 0 atom stereocenters. The Labute approximate surface area is 358 Å². The minimum atomic E-state index is -0.464. The molecule has 0 spiro atoms. The van der Waals surface area contributed by atoms with Crippen molar-refractivity contribution in [1.82, 2.24) is 30.2 Å². The number of rotatable bonds is 11. The van der Waals surface area contributed by atoms with Crippen LogP contribution in [0.4, 0.5) is 5.82 Å². The Morgan fingerprint density at radius 3 is 1.86 bits per heavy atom. The predicted molar refractivity (Wildman–Crippen MR) is 242 cm³/mol. The van der Waals surface area contributed by atoms with Gasteiger partial charge in [-0.1, -0.05) is 10.3 Å². The number of carbonyl (C=O) groups excluding carboxylic acids is 1. The summed E-state index contributed by atoms with van der Waals surface area (Å²) in [5, 5.41) is 9.87. The summed E-state index contributed by atoms with van der Waals surface area (Å²) in [6, 6.07) is 7.41. The zero-order valence-electron chi connectivity index (χ0n) is 33.2. The van der Waals surface area contributed by atoms with Crippen LogP contribution in [0, 0.1) is 27.7 Å². The fourth-order valence-electron chi connectivity index (χ4n) is 6.41. The number of ether oxygens (including phenoxy) is 5. The third-order valence-corrected chi connectivity index (χ3v) is 15.5. The lowest BCUT2D eigenvalue weighted by atomic mass is 10.0. The second-order valence-corrected chi connectivity index (χ2v) is 19.5. The summed E-state index contributed by atoms with van der Waals surface area (Å²) in [6.07, 6.45) is 0. The van der Waals surface area contributed by atoms with E-state index >= 15 is 0 Å². The Hall–Kier alpha value is -4.81. The van der Waals surface area contributed by atoms with Crippen molar-refractivity contribution in [3.05, 3.63) is 68.9 Å². The molecular formula is C37H41N7O9S6. The average Bonchev–Trinajstić information content (AvgIpc) is 3.95. The highest BCUT2D eigenvalue weighted by molar-refractivity contribution is 8.64. The summed E-state index contributed by atoms with van der Waals surface area (Å²) >= 11 is 9.03. The van der Waals surface area contributed by atoms with E-state index in [-0.39, 0.29) is 24.6 Å². The zero-order valence-corrected chi connectivity index (χ0v) is 38.1. The van der Waals surface area contributed by atoms with Crippen LogP contribution < -0.4 is 20.8 Å². The van der Waals surface area contributed by atoms with Gasteiger partial charge in [-0.3, -0.25) is 4.79 Å². The van der Waals surface area contributed by atoms with Gasteiger partial charge in [-0.2, -0.15) is 0 Å². The van der Waals surface area contributed by atoms with Crippen LogP contribution in [0.1, 0.15) is 46.0 Å². The minimum Gasteiger partial charge on any atom is -0.496 e. The maximum Gasteiger partial charge on any atom is 0.342 e. The first-order chi connectivity index (χ1) is 28.4. The van der Waals surface area contributed by atoms with Crippen LogP contribution in [0.3, 0.4) is 0 Å². The molecule has 0 saturated heterocycles. The standard InChI is InChI=1S/C20H22N4O5.C17H19N3O4.S6/c1-10-17(11(2)29-24-10)13-7-14-12(8-15(13)27-4)18-19(21-14)22-16(23-20(18)25)9-28-6-5-26-3;1-5-23-17(21)15-10-7-13(22-4)11(6-12(10)19-16(15)18)14-8(2)20-24-9(14)3;1-3-5-6-4-2/h7-8H,5-6,9H2,1-4H3,(H2,21,22,23,25);6-7,19H,5,18H2,1-4H3;. The van der Waals surface area contributed by atoms with Gasteiger partial charge in [0.1, 0.15) is 52.5 Å². The van der Waals surface area contributed by atoms with Crippen LogP contribution in [-0.4, -0.2) is 77.4 Å². The summed E-state index contributed by atoms with van der Waals surface area (Å²) in [6.45, 7) is 10.5. The highest BCUT2D eigenvalue weighted by Gasteiger charge is 2.23. The second-order valence-electron chi connectivity index (χ2n) is 12.4. The van der Waals surface area contributed by atoms with Gasteiger partial charge in [0.2, 0.25) is 0 Å². The van der Waals surface area contributed by atoms with E-state index < -0.39 is 5.97 Å². The van der Waals surface area contributed by atoms with Crippen molar-refractivity contribution in [3.8, 4) is 33.8 Å². The third kappa shape index (κ3) is 10.1. The molecule has 5 heterocycles. The molecule has 16 nitrogen and oxygen atoms in total. The van der Waals surface area contributed by atoms with E-state index in [0.29, 0.717) is 69.6 Å². The number of aryl methyl sites for hydroxylation is 4. The van der Waals surface area contributed by atoms with Gasteiger partial charge in [-0.05, 0) is 58.9 Å². The van der Waals surface area contributed by atoms with Crippen molar-refractivity contribution in [1.29, 1.82) is 0 Å². The normalized spacial score (nSPS) is 10.8. The molecule has 0 aliphatic rings. The van der Waals surface area contributed by atoms with E-state index in [2.05, 4.69) is 52.6 Å². The molecule has 7 aromatic rings. The lowest BCUT2D eigenvalue weighted by Crippen LogP contribution is -2.13. The zero-order chi connectivity index (χ0) is 42.8. The molecule has 0 fully saturated rings. The van der Waals surface area contributed by atoms with Crippen molar-refractivity contribution in [2.75, 3.05) is 46.9 Å². The number of benzene rings is 2. The maximum absolute atomic E-state index is 12.7. The van der Waals surface area contributed by atoms with E-state index in [4.69, 9.17) is 38.5 Å². The van der Waals surface area contributed by atoms with Gasteiger partial charge in [-0.15, -0.1) is 0 Å². The maximum atomic E-state index is 12.7. The van der Waals surface area contributed by atoms with Crippen molar-refractivity contribution < 1.29 is 37.5 Å². The highest BCUT2D eigenvalue weighted by atomic mass is 33.3. The Morgan fingerprint density at radius 2 is 1.37 bits per heavy atom. The summed E-state index contributed by atoms with van der Waals surface area (Å²) in [5.41, 5.74) is 12.9. The molecule has 59 heavy (non-hydrogen) atoms. The summed E-state index contributed by atoms with van der Waals surface area (Å²) in [7, 11) is 10.4. The number of hydrogen-bond donors (Lipinski definition) is 4. The molecular weight excluding hydrogens is 879 g/mol. The summed E-state index contributed by atoms with van der Waals surface area (Å²) < 4.78 is 37.2.